The second kappa shape index (κ2) is 15.8. The van der Waals surface area contributed by atoms with Gasteiger partial charge in [0.15, 0.2) is 0 Å². The van der Waals surface area contributed by atoms with E-state index in [1.165, 1.54) is 79.7 Å². The first-order valence-corrected chi connectivity index (χ1v) is 24.1. The molecule has 4 rings (SSSR count). The third-order valence-electron chi connectivity index (χ3n) is 4.92. The number of rotatable bonds is 21. The molecule has 174 valence electrons. The van der Waals surface area contributed by atoms with Crippen molar-refractivity contribution in [1.29, 1.82) is 0 Å². The quantitative estimate of drug-likeness (QED) is 0.0785. The van der Waals surface area contributed by atoms with E-state index in [4.69, 9.17) is 0 Å². The van der Waals surface area contributed by atoms with Gasteiger partial charge < -0.3 is 0 Å². The Bertz CT molecular complexity index is 430. The average Bonchev–Trinajstić information content (AvgIpc) is 3.55. The van der Waals surface area contributed by atoms with E-state index in [-0.39, 0.29) is 0 Å². The van der Waals surface area contributed by atoms with E-state index in [2.05, 4.69) is 94.1 Å². The standard InChI is InChI=1S/C20H34S8Se2/c1(21-5-15-9-25-15)3-29-19(13-23-7-17-11-27-17)20(14-24-8-18-12-28-18)30-4-2-22-6-16-10-26-16/h15-20H,1-14H2. The van der Waals surface area contributed by atoms with Crippen LogP contribution in [0.25, 0.3) is 0 Å². The molecule has 0 radical (unpaired) electrons. The van der Waals surface area contributed by atoms with Gasteiger partial charge in [0.1, 0.15) is 0 Å². The Morgan fingerprint density at radius 2 is 0.900 bits per heavy atom. The summed E-state index contributed by atoms with van der Waals surface area (Å²) >= 11 is 19.6. The van der Waals surface area contributed by atoms with E-state index in [0.717, 1.165) is 60.5 Å². The molecule has 10 heteroatoms. The molecule has 0 nitrogen and oxygen atoms in total. The van der Waals surface area contributed by atoms with Crippen LogP contribution in [0.15, 0.2) is 0 Å². The molecule has 0 saturated carbocycles. The molecule has 4 fully saturated rings. The van der Waals surface area contributed by atoms with Gasteiger partial charge in [0, 0.05) is 0 Å². The molecule has 4 aliphatic heterocycles. The summed E-state index contributed by atoms with van der Waals surface area (Å²) in [6, 6.07) is 0. The van der Waals surface area contributed by atoms with E-state index < -0.39 is 0 Å². The second-order valence-electron chi connectivity index (χ2n) is 7.86. The van der Waals surface area contributed by atoms with E-state index in [9.17, 15) is 0 Å². The summed E-state index contributed by atoms with van der Waals surface area (Å²) in [7, 11) is 0. The molecule has 0 aromatic rings. The molecular formula is C20H34S8Se2. The van der Waals surface area contributed by atoms with E-state index in [1.54, 1.807) is 0 Å². The van der Waals surface area contributed by atoms with Crippen LogP contribution in [0.2, 0.25) is 20.3 Å². The first-order chi connectivity index (χ1) is 14.9. The van der Waals surface area contributed by atoms with Crippen LogP contribution in [0, 0.1) is 0 Å². The molecule has 0 aromatic heterocycles. The summed E-state index contributed by atoms with van der Waals surface area (Å²) in [5.74, 6) is 17.3. The molecule has 30 heavy (non-hydrogen) atoms. The van der Waals surface area contributed by atoms with Crippen molar-refractivity contribution in [3.8, 4) is 0 Å². The monoisotopic (exact) mass is 690 g/mol. The number of hydrogen-bond acceptors (Lipinski definition) is 8. The molecule has 0 aliphatic carbocycles. The van der Waals surface area contributed by atoms with Crippen LogP contribution in [0.5, 0.6) is 0 Å². The van der Waals surface area contributed by atoms with Crippen LogP contribution in [0.1, 0.15) is 0 Å². The zero-order valence-electron chi connectivity index (χ0n) is 17.4. The summed E-state index contributed by atoms with van der Waals surface area (Å²) in [5.41, 5.74) is 0. The van der Waals surface area contributed by atoms with Crippen molar-refractivity contribution in [3.05, 3.63) is 0 Å². The van der Waals surface area contributed by atoms with Gasteiger partial charge in [0.25, 0.3) is 0 Å². The maximum atomic E-state index is 2.32. The van der Waals surface area contributed by atoms with Crippen molar-refractivity contribution in [2.24, 2.45) is 0 Å². The Kier molecular flexibility index (Phi) is 14.2. The van der Waals surface area contributed by atoms with Crippen molar-refractivity contribution in [3.63, 3.8) is 0 Å². The van der Waals surface area contributed by atoms with Crippen LogP contribution in [-0.2, 0) is 0 Å². The number of hydrogen-bond donors (Lipinski definition) is 0. The predicted molar refractivity (Wildman–Crippen MR) is 163 cm³/mol. The van der Waals surface area contributed by atoms with Crippen LogP contribution >= 0.6 is 94.1 Å². The van der Waals surface area contributed by atoms with Crippen molar-refractivity contribution in [2.75, 3.05) is 69.0 Å². The van der Waals surface area contributed by atoms with Gasteiger partial charge in [-0.2, -0.15) is 0 Å². The Balaban J connectivity index is 1.18. The third kappa shape index (κ3) is 13.2. The van der Waals surface area contributed by atoms with Gasteiger partial charge in [-0.3, -0.25) is 0 Å². The summed E-state index contributed by atoms with van der Waals surface area (Å²) in [5, 5.41) is 7.12. The minimum atomic E-state index is 0.868. The van der Waals surface area contributed by atoms with Crippen molar-refractivity contribution < 1.29 is 0 Å². The van der Waals surface area contributed by atoms with Crippen molar-refractivity contribution >= 4 is 124 Å². The van der Waals surface area contributed by atoms with Crippen LogP contribution in [-0.4, -0.2) is 120 Å². The third-order valence-corrected chi connectivity index (χ3v) is 23.1. The van der Waals surface area contributed by atoms with Gasteiger partial charge in [-0.15, -0.1) is 0 Å². The van der Waals surface area contributed by atoms with Crippen molar-refractivity contribution in [1.82, 2.24) is 0 Å². The first-order valence-electron chi connectivity index (χ1n) is 10.9. The van der Waals surface area contributed by atoms with Gasteiger partial charge in [-0.05, 0) is 0 Å². The van der Waals surface area contributed by atoms with Gasteiger partial charge >= 0.3 is 234 Å². The maximum absolute atomic E-state index is 2.32. The second-order valence-corrected chi connectivity index (χ2v) is 23.3. The first kappa shape index (κ1) is 26.9. The molecule has 0 aromatic carbocycles. The molecule has 4 aliphatic rings. The van der Waals surface area contributed by atoms with Gasteiger partial charge in [0.2, 0.25) is 0 Å². The molecule has 0 amide bonds. The molecule has 6 atom stereocenters. The average molecular weight is 689 g/mol. The Labute approximate surface area is 231 Å². The predicted octanol–water partition coefficient (Wildman–Crippen LogP) is 6.20. The van der Waals surface area contributed by atoms with Gasteiger partial charge in [-0.25, -0.2) is 0 Å². The van der Waals surface area contributed by atoms with E-state index >= 15 is 0 Å². The fourth-order valence-corrected chi connectivity index (χ4v) is 20.7. The summed E-state index contributed by atoms with van der Waals surface area (Å²) in [6.45, 7) is 0. The molecule has 0 spiro atoms. The molecule has 4 heterocycles. The molecule has 6 unspecified atom stereocenters. The molecule has 4 saturated heterocycles. The zero-order chi connectivity index (χ0) is 20.4. The van der Waals surface area contributed by atoms with E-state index in [0.29, 0.717) is 0 Å². The summed E-state index contributed by atoms with van der Waals surface area (Å²) in [4.78, 5) is 2.12. The Hall–Kier alpha value is 3.84. The van der Waals surface area contributed by atoms with Crippen LogP contribution in [0.4, 0.5) is 0 Å². The SMILES string of the molecule is C(C[Se]C(CSCC1CS1)C(CSCC1CS1)[Se]CCSCC1CS1)SCC1CS1. The fourth-order valence-electron chi connectivity index (χ4n) is 2.76. The Morgan fingerprint density at radius 3 is 1.23 bits per heavy atom. The van der Waals surface area contributed by atoms with Crippen LogP contribution < -0.4 is 0 Å². The fraction of sp³-hybridized carbons (Fsp3) is 1.00. The molecular weight excluding hydrogens is 655 g/mol. The topological polar surface area (TPSA) is 0 Å². The van der Waals surface area contributed by atoms with E-state index in [1.807, 2.05) is 0 Å². The van der Waals surface area contributed by atoms with Crippen molar-refractivity contribution in [2.45, 2.75) is 41.3 Å². The van der Waals surface area contributed by atoms with Gasteiger partial charge in [-0.1, -0.05) is 0 Å². The number of thioether (sulfide) groups is 8. The van der Waals surface area contributed by atoms with Crippen LogP contribution in [0.3, 0.4) is 0 Å². The minimum absolute atomic E-state index is 0.868. The summed E-state index contributed by atoms with van der Waals surface area (Å²) < 4.78 is 0. The molecule has 0 N–H and O–H groups in total. The normalized spacial score (nSPS) is 30.8. The Morgan fingerprint density at radius 1 is 0.567 bits per heavy atom. The zero-order valence-corrected chi connectivity index (χ0v) is 27.4. The molecule has 0 bridgehead atoms. The summed E-state index contributed by atoms with van der Waals surface area (Å²) in [6.07, 6.45) is 0. The van der Waals surface area contributed by atoms with Gasteiger partial charge in [0.05, 0.1) is 0 Å².